The van der Waals surface area contributed by atoms with Crippen molar-refractivity contribution in [2.45, 2.75) is 25.7 Å². The predicted molar refractivity (Wildman–Crippen MR) is 104 cm³/mol. The van der Waals surface area contributed by atoms with Crippen LogP contribution in [0, 0.1) is 0 Å². The zero-order valence-electron chi connectivity index (χ0n) is 16.7. The highest BCUT2D eigenvalue weighted by atomic mass is 19.4. The van der Waals surface area contributed by atoms with Crippen molar-refractivity contribution >= 4 is 5.91 Å². The quantitative estimate of drug-likeness (QED) is 0.602. The van der Waals surface area contributed by atoms with E-state index in [4.69, 9.17) is 4.74 Å². The molecule has 0 aliphatic heterocycles. The second-order valence-electron chi connectivity index (χ2n) is 6.83. The lowest BCUT2D eigenvalue weighted by molar-refractivity contribution is -0.137. The fourth-order valence-corrected chi connectivity index (χ4v) is 3.08. The molecule has 1 atom stereocenters. The summed E-state index contributed by atoms with van der Waals surface area (Å²) in [7, 11) is 3.21. The van der Waals surface area contributed by atoms with Crippen molar-refractivity contribution in [3.8, 4) is 5.75 Å². The first kappa shape index (κ1) is 21.4. The lowest BCUT2D eigenvalue weighted by atomic mass is 10.1. The zero-order valence-corrected chi connectivity index (χ0v) is 16.7. The summed E-state index contributed by atoms with van der Waals surface area (Å²) in [5.41, 5.74) is 0.615. The van der Waals surface area contributed by atoms with Crippen LogP contribution in [-0.2, 0) is 12.7 Å². The Morgan fingerprint density at radius 3 is 2.63 bits per heavy atom. The van der Waals surface area contributed by atoms with Crippen LogP contribution in [0.2, 0.25) is 0 Å². The van der Waals surface area contributed by atoms with Gasteiger partial charge >= 0.3 is 6.18 Å². The Hall–Kier alpha value is -3.36. The van der Waals surface area contributed by atoms with Gasteiger partial charge in [0.2, 0.25) is 0 Å². The fourth-order valence-electron chi connectivity index (χ4n) is 3.08. The SMILES string of the molecule is COc1ccccc1[C@@H](C)N(C)C(=O)c1cn(Cc2cccc(C(F)(F)F)c2)nn1. The van der Waals surface area contributed by atoms with Crippen molar-refractivity contribution in [3.05, 3.63) is 77.1 Å². The minimum Gasteiger partial charge on any atom is -0.496 e. The summed E-state index contributed by atoms with van der Waals surface area (Å²) in [4.78, 5) is 14.3. The molecule has 1 amide bonds. The average Bonchev–Trinajstić information content (AvgIpc) is 3.20. The largest absolute Gasteiger partial charge is 0.496 e. The van der Waals surface area contributed by atoms with Gasteiger partial charge in [-0.05, 0) is 30.7 Å². The molecule has 0 spiro atoms. The Balaban J connectivity index is 1.75. The normalized spacial score (nSPS) is 12.5. The number of halogens is 3. The van der Waals surface area contributed by atoms with Gasteiger partial charge in [-0.1, -0.05) is 35.5 Å². The van der Waals surface area contributed by atoms with Crippen molar-refractivity contribution in [3.63, 3.8) is 0 Å². The van der Waals surface area contributed by atoms with E-state index in [2.05, 4.69) is 10.3 Å². The third-order valence-corrected chi connectivity index (χ3v) is 4.85. The van der Waals surface area contributed by atoms with Crippen LogP contribution in [0.1, 0.15) is 40.1 Å². The van der Waals surface area contributed by atoms with Crippen molar-refractivity contribution in [1.82, 2.24) is 19.9 Å². The molecule has 9 heteroatoms. The van der Waals surface area contributed by atoms with Gasteiger partial charge in [-0.2, -0.15) is 13.2 Å². The minimum absolute atomic E-state index is 0.0655. The second kappa shape index (κ2) is 8.56. The van der Waals surface area contributed by atoms with Crippen LogP contribution < -0.4 is 4.74 Å². The van der Waals surface area contributed by atoms with E-state index < -0.39 is 11.7 Å². The van der Waals surface area contributed by atoms with Crippen molar-refractivity contribution in [2.75, 3.05) is 14.2 Å². The summed E-state index contributed by atoms with van der Waals surface area (Å²) in [6, 6.07) is 12.1. The molecular weight excluding hydrogens is 397 g/mol. The van der Waals surface area contributed by atoms with E-state index in [1.54, 1.807) is 20.2 Å². The van der Waals surface area contributed by atoms with E-state index in [1.807, 2.05) is 31.2 Å². The molecule has 1 heterocycles. The molecule has 2 aromatic carbocycles. The number of ether oxygens (including phenoxy) is 1. The Morgan fingerprint density at radius 2 is 1.93 bits per heavy atom. The van der Waals surface area contributed by atoms with Gasteiger partial charge in [0.05, 0.1) is 31.5 Å². The molecule has 30 heavy (non-hydrogen) atoms. The van der Waals surface area contributed by atoms with E-state index in [0.29, 0.717) is 11.3 Å². The molecule has 0 aliphatic carbocycles. The fraction of sp³-hybridized carbons (Fsp3) is 0.286. The van der Waals surface area contributed by atoms with Gasteiger partial charge in [-0.15, -0.1) is 5.10 Å². The molecule has 0 saturated carbocycles. The third kappa shape index (κ3) is 4.61. The molecule has 3 rings (SSSR count). The first-order valence-corrected chi connectivity index (χ1v) is 9.17. The second-order valence-corrected chi connectivity index (χ2v) is 6.83. The summed E-state index contributed by atoms with van der Waals surface area (Å²) in [5.74, 6) is 0.307. The highest BCUT2D eigenvalue weighted by molar-refractivity contribution is 5.92. The number of benzene rings is 2. The van der Waals surface area contributed by atoms with Gasteiger partial charge in [-0.25, -0.2) is 4.68 Å². The highest BCUT2D eigenvalue weighted by Gasteiger charge is 2.30. The topological polar surface area (TPSA) is 60.2 Å². The molecule has 1 aromatic heterocycles. The molecule has 3 aromatic rings. The number of hydrogen-bond donors (Lipinski definition) is 0. The number of nitrogens with zero attached hydrogens (tertiary/aromatic N) is 4. The van der Waals surface area contributed by atoms with Crippen LogP contribution in [0.4, 0.5) is 13.2 Å². The monoisotopic (exact) mass is 418 g/mol. The van der Waals surface area contributed by atoms with Gasteiger partial charge in [0.1, 0.15) is 5.75 Å². The van der Waals surface area contributed by atoms with Crippen molar-refractivity contribution < 1.29 is 22.7 Å². The number of carbonyl (C=O) groups excluding carboxylic acids is 1. The van der Waals surface area contributed by atoms with Gasteiger partial charge in [0.25, 0.3) is 5.91 Å². The van der Waals surface area contributed by atoms with Gasteiger partial charge in [0, 0.05) is 12.6 Å². The number of aromatic nitrogens is 3. The lowest BCUT2D eigenvalue weighted by Gasteiger charge is -2.25. The van der Waals surface area contributed by atoms with Gasteiger partial charge < -0.3 is 9.64 Å². The summed E-state index contributed by atoms with van der Waals surface area (Å²) < 4.78 is 45.3. The number of amides is 1. The minimum atomic E-state index is -4.42. The van der Waals surface area contributed by atoms with E-state index in [-0.39, 0.29) is 24.2 Å². The number of carbonyl (C=O) groups is 1. The first-order valence-electron chi connectivity index (χ1n) is 9.17. The molecule has 0 unspecified atom stereocenters. The maximum atomic E-state index is 12.9. The Bertz CT molecular complexity index is 1030. The standard InChI is InChI=1S/C21H21F3N4O2/c1-14(17-9-4-5-10-19(17)30-3)27(2)20(29)18-13-28(26-25-18)12-15-7-6-8-16(11-15)21(22,23)24/h4-11,13-14H,12H2,1-3H3/t14-/m1/s1. The number of para-hydroxylation sites is 1. The van der Waals surface area contributed by atoms with Crippen LogP contribution in [0.5, 0.6) is 5.75 Å². The number of rotatable bonds is 6. The molecule has 158 valence electrons. The summed E-state index contributed by atoms with van der Waals surface area (Å²) in [6.45, 7) is 1.93. The van der Waals surface area contributed by atoms with Crippen LogP contribution in [0.15, 0.2) is 54.7 Å². The summed E-state index contributed by atoms with van der Waals surface area (Å²) >= 11 is 0. The number of methoxy groups -OCH3 is 1. The van der Waals surface area contributed by atoms with Crippen LogP contribution >= 0.6 is 0 Å². The molecule has 6 nitrogen and oxygen atoms in total. The number of hydrogen-bond acceptors (Lipinski definition) is 4. The number of alkyl halides is 3. The van der Waals surface area contributed by atoms with Crippen molar-refractivity contribution in [2.24, 2.45) is 0 Å². The Morgan fingerprint density at radius 1 is 1.20 bits per heavy atom. The molecule has 0 aliphatic rings. The first-order chi connectivity index (χ1) is 14.2. The Labute approximate surface area is 171 Å². The Kier molecular flexibility index (Phi) is 6.09. The lowest BCUT2D eigenvalue weighted by Crippen LogP contribution is -2.30. The molecule has 0 fully saturated rings. The zero-order chi connectivity index (χ0) is 21.9. The highest BCUT2D eigenvalue weighted by Crippen LogP contribution is 2.30. The molecule has 0 saturated heterocycles. The van der Waals surface area contributed by atoms with E-state index in [1.165, 1.54) is 21.8 Å². The maximum Gasteiger partial charge on any atom is 0.416 e. The van der Waals surface area contributed by atoms with E-state index >= 15 is 0 Å². The van der Waals surface area contributed by atoms with E-state index in [0.717, 1.165) is 17.7 Å². The smallest absolute Gasteiger partial charge is 0.416 e. The maximum absolute atomic E-state index is 12.9. The van der Waals surface area contributed by atoms with Crippen molar-refractivity contribution in [1.29, 1.82) is 0 Å². The molecular formula is C21H21F3N4O2. The van der Waals surface area contributed by atoms with Crippen LogP contribution in [0.3, 0.4) is 0 Å². The van der Waals surface area contributed by atoms with Gasteiger partial charge in [-0.3, -0.25) is 4.79 Å². The van der Waals surface area contributed by atoms with Crippen LogP contribution in [-0.4, -0.2) is 40.0 Å². The average molecular weight is 418 g/mol. The molecule has 0 bridgehead atoms. The molecule has 0 radical (unpaired) electrons. The van der Waals surface area contributed by atoms with Gasteiger partial charge in [0.15, 0.2) is 5.69 Å². The molecule has 0 N–H and O–H groups in total. The summed E-state index contributed by atoms with van der Waals surface area (Å²) in [5, 5.41) is 7.78. The van der Waals surface area contributed by atoms with Crippen LogP contribution in [0.25, 0.3) is 0 Å². The third-order valence-electron chi connectivity index (χ3n) is 4.85. The van der Waals surface area contributed by atoms with E-state index in [9.17, 15) is 18.0 Å². The predicted octanol–water partition coefficient (Wildman–Crippen LogP) is 4.19. The summed E-state index contributed by atoms with van der Waals surface area (Å²) in [6.07, 6.45) is -3.00.